The van der Waals surface area contributed by atoms with Crippen molar-refractivity contribution in [2.24, 2.45) is 5.92 Å². The molecule has 3 heterocycles. The van der Waals surface area contributed by atoms with E-state index < -0.39 is 0 Å². The molecule has 1 aromatic heterocycles. The number of ether oxygens (including phenoxy) is 2. The Balaban J connectivity index is 1.54. The summed E-state index contributed by atoms with van der Waals surface area (Å²) in [4.78, 5) is 22.5. The molecular formula is C15H22N4O3. The Morgan fingerprint density at radius 3 is 3.27 bits per heavy atom. The summed E-state index contributed by atoms with van der Waals surface area (Å²) in [6.45, 7) is 2.77. The van der Waals surface area contributed by atoms with E-state index in [1.165, 1.54) is 0 Å². The molecule has 1 N–H and O–H groups in total. The van der Waals surface area contributed by atoms with E-state index in [1.807, 2.05) is 6.07 Å². The molecule has 2 saturated heterocycles. The van der Waals surface area contributed by atoms with Crippen molar-refractivity contribution in [2.75, 3.05) is 38.3 Å². The zero-order valence-electron chi connectivity index (χ0n) is 12.8. The summed E-state index contributed by atoms with van der Waals surface area (Å²) in [6.07, 6.45) is 4.90. The van der Waals surface area contributed by atoms with Crippen LogP contribution in [0, 0.1) is 5.92 Å². The topological polar surface area (TPSA) is 76.6 Å². The first-order valence-corrected chi connectivity index (χ1v) is 7.71. The highest BCUT2D eigenvalue weighted by Crippen LogP contribution is 2.34. The summed E-state index contributed by atoms with van der Waals surface area (Å²) in [5, 5.41) is 2.85. The molecule has 0 unspecified atom stereocenters. The standard InChI is InChI=1S/C15H22N4O3/c1-21-7-5-17-15(20)12-8-11-3-6-19(9-13(11)22-12)14-2-4-16-10-18-14/h2,4,10-13H,3,5-9H2,1H3,(H,17,20)/t11-,12+,13+/m0/s1. The van der Waals surface area contributed by atoms with Crippen molar-refractivity contribution >= 4 is 11.7 Å². The predicted molar refractivity (Wildman–Crippen MR) is 80.5 cm³/mol. The molecule has 0 saturated carbocycles. The molecule has 0 spiro atoms. The molecule has 1 amide bonds. The van der Waals surface area contributed by atoms with E-state index in [-0.39, 0.29) is 18.1 Å². The molecule has 2 fully saturated rings. The van der Waals surface area contributed by atoms with Gasteiger partial charge in [-0.05, 0) is 24.8 Å². The fourth-order valence-corrected chi connectivity index (χ4v) is 3.17. The molecule has 2 aliphatic heterocycles. The monoisotopic (exact) mass is 306 g/mol. The van der Waals surface area contributed by atoms with E-state index in [0.29, 0.717) is 19.1 Å². The molecule has 7 heteroatoms. The number of piperidine rings is 1. The van der Waals surface area contributed by atoms with E-state index >= 15 is 0 Å². The number of carbonyl (C=O) groups is 1. The van der Waals surface area contributed by atoms with E-state index in [0.717, 1.165) is 31.7 Å². The number of methoxy groups -OCH3 is 1. The van der Waals surface area contributed by atoms with Crippen molar-refractivity contribution in [2.45, 2.75) is 25.0 Å². The predicted octanol–water partition coefficient (Wildman–Crippen LogP) is 0.223. The molecule has 1 aromatic rings. The molecule has 2 aliphatic rings. The Bertz CT molecular complexity index is 499. The number of nitrogens with one attached hydrogen (secondary N) is 1. The second kappa shape index (κ2) is 7.02. The van der Waals surface area contributed by atoms with Crippen LogP contribution in [0.3, 0.4) is 0 Å². The lowest BCUT2D eigenvalue weighted by Gasteiger charge is -2.34. The highest BCUT2D eigenvalue weighted by molar-refractivity contribution is 5.81. The number of amides is 1. The van der Waals surface area contributed by atoms with E-state index in [4.69, 9.17) is 9.47 Å². The van der Waals surface area contributed by atoms with Crippen LogP contribution in [0.25, 0.3) is 0 Å². The molecule has 3 rings (SSSR count). The summed E-state index contributed by atoms with van der Waals surface area (Å²) >= 11 is 0. The van der Waals surface area contributed by atoms with Crippen molar-refractivity contribution in [1.29, 1.82) is 0 Å². The van der Waals surface area contributed by atoms with Crippen LogP contribution in [0.4, 0.5) is 5.82 Å². The first-order chi connectivity index (χ1) is 10.8. The van der Waals surface area contributed by atoms with Crippen LogP contribution < -0.4 is 10.2 Å². The van der Waals surface area contributed by atoms with Gasteiger partial charge in [0.05, 0.1) is 12.7 Å². The molecule has 0 aliphatic carbocycles. The van der Waals surface area contributed by atoms with Gasteiger partial charge in [0.2, 0.25) is 5.91 Å². The summed E-state index contributed by atoms with van der Waals surface area (Å²) in [5.74, 6) is 1.35. The first-order valence-electron chi connectivity index (χ1n) is 7.71. The average Bonchev–Trinajstić information content (AvgIpc) is 2.99. The van der Waals surface area contributed by atoms with Gasteiger partial charge in [0.25, 0.3) is 0 Å². The minimum Gasteiger partial charge on any atom is -0.383 e. The Morgan fingerprint density at radius 2 is 2.50 bits per heavy atom. The number of anilines is 1. The molecular weight excluding hydrogens is 284 g/mol. The van der Waals surface area contributed by atoms with Crippen molar-refractivity contribution in [3.63, 3.8) is 0 Å². The summed E-state index contributed by atoms with van der Waals surface area (Å²) < 4.78 is 10.9. The lowest BCUT2D eigenvalue weighted by Crippen LogP contribution is -2.43. The number of fused-ring (bicyclic) bond motifs is 1. The third-order valence-corrected chi connectivity index (χ3v) is 4.34. The SMILES string of the molecule is COCCNC(=O)[C@H]1C[C@@H]2CCN(c3ccncn3)C[C@H]2O1. The minimum atomic E-state index is -0.336. The van der Waals surface area contributed by atoms with Crippen molar-refractivity contribution in [3.05, 3.63) is 18.6 Å². The molecule has 0 aromatic carbocycles. The maximum absolute atomic E-state index is 12.1. The van der Waals surface area contributed by atoms with Gasteiger partial charge in [-0.25, -0.2) is 9.97 Å². The maximum atomic E-state index is 12.1. The highest BCUT2D eigenvalue weighted by atomic mass is 16.5. The van der Waals surface area contributed by atoms with Crippen molar-refractivity contribution in [1.82, 2.24) is 15.3 Å². The maximum Gasteiger partial charge on any atom is 0.249 e. The third kappa shape index (κ3) is 3.36. The number of hydrogen-bond donors (Lipinski definition) is 1. The fourth-order valence-electron chi connectivity index (χ4n) is 3.17. The van der Waals surface area contributed by atoms with Gasteiger partial charge in [-0.2, -0.15) is 0 Å². The van der Waals surface area contributed by atoms with Crippen LogP contribution in [0.15, 0.2) is 18.6 Å². The summed E-state index contributed by atoms with van der Waals surface area (Å²) in [6, 6.07) is 1.91. The van der Waals surface area contributed by atoms with Gasteiger partial charge in [-0.15, -0.1) is 0 Å². The smallest absolute Gasteiger partial charge is 0.249 e. The van der Waals surface area contributed by atoms with Gasteiger partial charge >= 0.3 is 0 Å². The molecule has 3 atom stereocenters. The Labute approximate surface area is 130 Å². The van der Waals surface area contributed by atoms with Crippen LogP contribution >= 0.6 is 0 Å². The van der Waals surface area contributed by atoms with E-state index in [9.17, 15) is 4.79 Å². The van der Waals surface area contributed by atoms with E-state index in [1.54, 1.807) is 19.6 Å². The second-order valence-corrected chi connectivity index (χ2v) is 5.75. The van der Waals surface area contributed by atoms with Crippen LogP contribution in [0.5, 0.6) is 0 Å². The molecule has 120 valence electrons. The van der Waals surface area contributed by atoms with Gasteiger partial charge < -0.3 is 19.7 Å². The minimum absolute atomic E-state index is 0.0277. The third-order valence-electron chi connectivity index (χ3n) is 4.34. The zero-order chi connectivity index (χ0) is 15.4. The Morgan fingerprint density at radius 1 is 1.59 bits per heavy atom. The van der Waals surface area contributed by atoms with Gasteiger partial charge in [-0.1, -0.05) is 0 Å². The fraction of sp³-hybridized carbons (Fsp3) is 0.667. The van der Waals surface area contributed by atoms with Crippen LogP contribution in [0.2, 0.25) is 0 Å². The van der Waals surface area contributed by atoms with Gasteiger partial charge in [-0.3, -0.25) is 4.79 Å². The molecule has 22 heavy (non-hydrogen) atoms. The van der Waals surface area contributed by atoms with Gasteiger partial charge in [0, 0.05) is 32.9 Å². The normalized spacial score (nSPS) is 27.5. The first kappa shape index (κ1) is 15.2. The van der Waals surface area contributed by atoms with Gasteiger partial charge in [0.15, 0.2) is 0 Å². The summed E-state index contributed by atoms with van der Waals surface area (Å²) in [5.41, 5.74) is 0. The summed E-state index contributed by atoms with van der Waals surface area (Å²) in [7, 11) is 1.62. The zero-order valence-corrected chi connectivity index (χ0v) is 12.8. The lowest BCUT2D eigenvalue weighted by atomic mass is 9.91. The molecule has 0 radical (unpaired) electrons. The van der Waals surface area contributed by atoms with Crippen LogP contribution in [0.1, 0.15) is 12.8 Å². The number of rotatable bonds is 5. The highest BCUT2D eigenvalue weighted by Gasteiger charge is 2.41. The lowest BCUT2D eigenvalue weighted by molar-refractivity contribution is -0.132. The quantitative estimate of drug-likeness (QED) is 0.785. The molecule has 7 nitrogen and oxygen atoms in total. The van der Waals surface area contributed by atoms with Crippen LogP contribution in [-0.2, 0) is 14.3 Å². The number of hydrogen-bond acceptors (Lipinski definition) is 6. The Hall–Kier alpha value is -1.73. The second-order valence-electron chi connectivity index (χ2n) is 5.75. The Kier molecular flexibility index (Phi) is 4.84. The van der Waals surface area contributed by atoms with Gasteiger partial charge in [0.1, 0.15) is 18.2 Å². The van der Waals surface area contributed by atoms with Crippen molar-refractivity contribution < 1.29 is 14.3 Å². The van der Waals surface area contributed by atoms with E-state index in [2.05, 4.69) is 20.2 Å². The molecule has 0 bridgehead atoms. The van der Waals surface area contributed by atoms with Crippen LogP contribution in [-0.4, -0.2) is 61.4 Å². The number of aromatic nitrogens is 2. The number of carbonyl (C=O) groups excluding carboxylic acids is 1. The largest absolute Gasteiger partial charge is 0.383 e. The van der Waals surface area contributed by atoms with Crippen molar-refractivity contribution in [3.8, 4) is 0 Å². The average molecular weight is 306 g/mol. The number of nitrogens with zero attached hydrogens (tertiary/aromatic N) is 3.